The van der Waals surface area contributed by atoms with Gasteiger partial charge in [-0.2, -0.15) is 0 Å². The SMILES string of the molecule is CC(C)c1ccc2c(c1)CCO2.CC(C)c1ccc2c(c1)OCC2. The first kappa shape index (κ1) is 16.9. The third kappa shape index (κ3) is 3.75. The van der Waals surface area contributed by atoms with Crippen molar-refractivity contribution in [1.29, 1.82) is 0 Å². The molecule has 0 atom stereocenters. The molecule has 2 heterocycles. The lowest BCUT2D eigenvalue weighted by Crippen LogP contribution is -1.88. The monoisotopic (exact) mass is 324 g/mol. The Bertz CT molecular complexity index is 640. The summed E-state index contributed by atoms with van der Waals surface area (Å²) in [5.74, 6) is 3.40. The molecule has 2 aliphatic heterocycles. The van der Waals surface area contributed by atoms with E-state index < -0.39 is 0 Å². The van der Waals surface area contributed by atoms with Crippen molar-refractivity contribution in [3.8, 4) is 11.5 Å². The summed E-state index contributed by atoms with van der Waals surface area (Å²) >= 11 is 0. The second-order valence-electron chi connectivity index (χ2n) is 7.24. The molecular weight excluding hydrogens is 296 g/mol. The molecule has 2 aromatic rings. The molecule has 0 amide bonds. The predicted octanol–water partition coefficient (Wildman–Crippen LogP) is 5.49. The smallest absolute Gasteiger partial charge is 0.122 e. The van der Waals surface area contributed by atoms with E-state index in [1.54, 1.807) is 0 Å². The second-order valence-corrected chi connectivity index (χ2v) is 7.24. The highest BCUT2D eigenvalue weighted by molar-refractivity contribution is 5.41. The molecule has 2 heteroatoms. The first-order valence-corrected chi connectivity index (χ1v) is 9.06. The van der Waals surface area contributed by atoms with Crippen molar-refractivity contribution in [3.63, 3.8) is 0 Å². The highest BCUT2D eigenvalue weighted by Gasteiger charge is 2.13. The number of fused-ring (bicyclic) bond motifs is 2. The van der Waals surface area contributed by atoms with Gasteiger partial charge < -0.3 is 9.47 Å². The lowest BCUT2D eigenvalue weighted by atomic mass is 10.00. The molecule has 2 aromatic carbocycles. The molecule has 0 bridgehead atoms. The fraction of sp³-hybridized carbons (Fsp3) is 0.455. The van der Waals surface area contributed by atoms with Crippen LogP contribution in [0.5, 0.6) is 11.5 Å². The molecule has 24 heavy (non-hydrogen) atoms. The van der Waals surface area contributed by atoms with E-state index in [-0.39, 0.29) is 0 Å². The molecule has 2 aliphatic rings. The number of ether oxygens (including phenoxy) is 2. The number of hydrogen-bond acceptors (Lipinski definition) is 2. The Morgan fingerprint density at radius 1 is 0.667 bits per heavy atom. The molecular formula is C22H28O2. The van der Waals surface area contributed by atoms with E-state index in [1.165, 1.54) is 22.3 Å². The molecule has 0 fully saturated rings. The average molecular weight is 324 g/mol. The molecule has 0 radical (unpaired) electrons. The molecule has 2 nitrogen and oxygen atoms in total. The van der Waals surface area contributed by atoms with E-state index in [0.717, 1.165) is 37.6 Å². The first-order chi connectivity index (χ1) is 11.5. The van der Waals surface area contributed by atoms with Crippen LogP contribution in [-0.2, 0) is 12.8 Å². The van der Waals surface area contributed by atoms with Crippen LogP contribution in [0.2, 0.25) is 0 Å². The van der Waals surface area contributed by atoms with Crippen LogP contribution in [0.25, 0.3) is 0 Å². The van der Waals surface area contributed by atoms with Crippen LogP contribution in [0.3, 0.4) is 0 Å². The van der Waals surface area contributed by atoms with E-state index in [4.69, 9.17) is 9.47 Å². The van der Waals surface area contributed by atoms with Gasteiger partial charge in [0.2, 0.25) is 0 Å². The van der Waals surface area contributed by atoms with E-state index in [1.807, 2.05) is 0 Å². The van der Waals surface area contributed by atoms with Gasteiger partial charge in [-0.05, 0) is 46.2 Å². The van der Waals surface area contributed by atoms with E-state index in [2.05, 4.69) is 64.1 Å². The van der Waals surface area contributed by atoms with E-state index >= 15 is 0 Å². The molecule has 0 N–H and O–H groups in total. The number of benzene rings is 2. The van der Waals surface area contributed by atoms with Crippen LogP contribution in [0.4, 0.5) is 0 Å². The van der Waals surface area contributed by atoms with Crippen LogP contribution < -0.4 is 9.47 Å². The summed E-state index contributed by atoms with van der Waals surface area (Å²) in [6.45, 7) is 10.6. The largest absolute Gasteiger partial charge is 0.493 e. The minimum Gasteiger partial charge on any atom is -0.493 e. The van der Waals surface area contributed by atoms with Crippen molar-refractivity contribution < 1.29 is 9.47 Å². The minimum absolute atomic E-state index is 0.597. The van der Waals surface area contributed by atoms with Gasteiger partial charge in [0, 0.05) is 12.8 Å². The van der Waals surface area contributed by atoms with Crippen molar-refractivity contribution in [2.24, 2.45) is 0 Å². The molecule has 4 rings (SSSR count). The first-order valence-electron chi connectivity index (χ1n) is 9.06. The lowest BCUT2D eigenvalue weighted by molar-refractivity contribution is 0.356. The van der Waals surface area contributed by atoms with Gasteiger partial charge in [-0.1, -0.05) is 52.0 Å². The molecule has 0 spiro atoms. The van der Waals surface area contributed by atoms with Crippen LogP contribution in [-0.4, -0.2) is 13.2 Å². The van der Waals surface area contributed by atoms with Crippen molar-refractivity contribution >= 4 is 0 Å². The molecule has 0 saturated carbocycles. The Kier molecular flexibility index (Phi) is 5.13. The molecule has 0 aliphatic carbocycles. The Hall–Kier alpha value is -1.96. The third-order valence-electron chi connectivity index (χ3n) is 4.77. The van der Waals surface area contributed by atoms with Gasteiger partial charge >= 0.3 is 0 Å². The summed E-state index contributed by atoms with van der Waals surface area (Å²) in [4.78, 5) is 0. The Labute approximate surface area is 145 Å². The zero-order chi connectivity index (χ0) is 17.1. The maximum absolute atomic E-state index is 5.49. The van der Waals surface area contributed by atoms with Crippen LogP contribution >= 0.6 is 0 Å². The van der Waals surface area contributed by atoms with Gasteiger partial charge in [0.25, 0.3) is 0 Å². The van der Waals surface area contributed by atoms with Crippen LogP contribution in [0, 0.1) is 0 Å². The maximum Gasteiger partial charge on any atom is 0.122 e. The molecule has 0 aromatic heterocycles. The zero-order valence-corrected chi connectivity index (χ0v) is 15.3. The average Bonchev–Trinajstić information content (AvgIpc) is 3.22. The number of rotatable bonds is 2. The maximum atomic E-state index is 5.49. The number of hydrogen-bond donors (Lipinski definition) is 0. The second kappa shape index (κ2) is 7.29. The predicted molar refractivity (Wildman–Crippen MR) is 99.5 cm³/mol. The van der Waals surface area contributed by atoms with Gasteiger partial charge in [0.15, 0.2) is 0 Å². The summed E-state index contributed by atoms with van der Waals surface area (Å²) in [5, 5.41) is 0. The highest BCUT2D eigenvalue weighted by Crippen LogP contribution is 2.29. The van der Waals surface area contributed by atoms with Crippen molar-refractivity contribution in [1.82, 2.24) is 0 Å². The van der Waals surface area contributed by atoms with Gasteiger partial charge in [0.05, 0.1) is 13.2 Å². The van der Waals surface area contributed by atoms with Crippen LogP contribution in [0.15, 0.2) is 36.4 Å². The van der Waals surface area contributed by atoms with Gasteiger partial charge in [-0.25, -0.2) is 0 Å². The minimum atomic E-state index is 0.597. The standard InChI is InChI=1S/2C11H14O/c1-8(2)9-3-4-11-10(7-9)5-6-12-11;1-8(2)10-4-3-9-5-6-12-11(9)7-10/h2*3-4,7-8H,5-6H2,1-2H3. The summed E-state index contributed by atoms with van der Waals surface area (Å²) in [6, 6.07) is 13.1. The van der Waals surface area contributed by atoms with E-state index in [9.17, 15) is 0 Å². The van der Waals surface area contributed by atoms with Gasteiger partial charge in [-0.15, -0.1) is 0 Å². The zero-order valence-electron chi connectivity index (χ0n) is 15.3. The van der Waals surface area contributed by atoms with Crippen molar-refractivity contribution in [2.45, 2.75) is 52.4 Å². The summed E-state index contributed by atoms with van der Waals surface area (Å²) in [6.07, 6.45) is 2.16. The Morgan fingerprint density at radius 2 is 1.25 bits per heavy atom. The molecule has 0 unspecified atom stereocenters. The van der Waals surface area contributed by atoms with Gasteiger partial charge in [-0.3, -0.25) is 0 Å². The summed E-state index contributed by atoms with van der Waals surface area (Å²) in [5.41, 5.74) is 5.52. The van der Waals surface area contributed by atoms with Crippen molar-refractivity contribution in [3.05, 3.63) is 58.7 Å². The fourth-order valence-electron chi connectivity index (χ4n) is 3.11. The molecule has 0 saturated heterocycles. The topological polar surface area (TPSA) is 18.5 Å². The Morgan fingerprint density at radius 3 is 1.96 bits per heavy atom. The lowest BCUT2D eigenvalue weighted by Gasteiger charge is -2.06. The van der Waals surface area contributed by atoms with Crippen LogP contribution in [0.1, 0.15) is 61.8 Å². The Balaban J connectivity index is 0.000000141. The quantitative estimate of drug-likeness (QED) is 0.727. The van der Waals surface area contributed by atoms with Gasteiger partial charge in [0.1, 0.15) is 11.5 Å². The normalized spacial score (nSPS) is 14.6. The summed E-state index contributed by atoms with van der Waals surface area (Å²) < 4.78 is 10.9. The summed E-state index contributed by atoms with van der Waals surface area (Å²) in [7, 11) is 0. The van der Waals surface area contributed by atoms with E-state index in [0.29, 0.717) is 11.8 Å². The fourth-order valence-corrected chi connectivity index (χ4v) is 3.11. The molecule has 128 valence electrons. The van der Waals surface area contributed by atoms with Crippen molar-refractivity contribution in [2.75, 3.05) is 13.2 Å². The highest BCUT2D eigenvalue weighted by atomic mass is 16.5. The third-order valence-corrected chi connectivity index (χ3v) is 4.77.